The van der Waals surface area contributed by atoms with Gasteiger partial charge in [0.1, 0.15) is 0 Å². The fourth-order valence-electron chi connectivity index (χ4n) is 3.01. The van der Waals surface area contributed by atoms with Crippen molar-refractivity contribution in [3.8, 4) is 0 Å². The van der Waals surface area contributed by atoms with E-state index in [1.54, 1.807) is 12.1 Å². The first kappa shape index (κ1) is 16.2. The van der Waals surface area contributed by atoms with E-state index in [-0.39, 0.29) is 22.1 Å². The topological polar surface area (TPSA) is 58.4 Å². The number of benzene rings is 1. The normalized spacial score (nSPS) is 18.5. The van der Waals surface area contributed by atoms with E-state index in [1.165, 1.54) is 6.07 Å². The van der Waals surface area contributed by atoms with Gasteiger partial charge in [-0.25, -0.2) is 0 Å². The van der Waals surface area contributed by atoms with Crippen LogP contribution in [0.2, 0.25) is 5.02 Å². The molecule has 2 rings (SSSR count). The van der Waals surface area contributed by atoms with Gasteiger partial charge in [0.05, 0.1) is 4.92 Å². The van der Waals surface area contributed by atoms with E-state index in [4.69, 9.17) is 11.6 Å². The molecule has 0 amide bonds. The van der Waals surface area contributed by atoms with Gasteiger partial charge in [-0.05, 0) is 17.0 Å². The Morgan fingerprint density at radius 1 is 1.33 bits per heavy atom. The smallest absolute Gasteiger partial charge is 0.269 e. The first-order valence-corrected chi connectivity index (χ1v) is 7.57. The molecule has 116 valence electrons. The third kappa shape index (κ3) is 3.73. The molecule has 0 bridgehead atoms. The molecule has 1 aliphatic rings. The first-order valence-electron chi connectivity index (χ1n) is 7.19. The van der Waals surface area contributed by atoms with Gasteiger partial charge in [-0.2, -0.15) is 0 Å². The average Bonchev–Trinajstić information content (AvgIpc) is 2.40. The van der Waals surface area contributed by atoms with E-state index in [1.807, 2.05) is 0 Å². The van der Waals surface area contributed by atoms with Crippen LogP contribution in [0, 0.1) is 15.5 Å². The molecule has 1 fully saturated rings. The lowest BCUT2D eigenvalue weighted by Gasteiger charge is -2.42. The average molecular weight is 312 g/mol. The Hall–Kier alpha value is -1.17. The lowest BCUT2D eigenvalue weighted by molar-refractivity contribution is -0.385. The van der Waals surface area contributed by atoms with Crippen molar-refractivity contribution in [2.24, 2.45) is 5.41 Å². The Morgan fingerprint density at radius 3 is 2.48 bits per heavy atom. The van der Waals surface area contributed by atoms with Crippen molar-refractivity contribution in [1.82, 2.24) is 10.2 Å². The molecule has 0 unspecified atom stereocenters. The maximum Gasteiger partial charge on any atom is 0.269 e. The van der Waals surface area contributed by atoms with Crippen molar-refractivity contribution >= 4 is 17.3 Å². The lowest BCUT2D eigenvalue weighted by Crippen LogP contribution is -2.48. The number of hydrogen-bond donors (Lipinski definition) is 1. The fourth-order valence-corrected chi connectivity index (χ4v) is 3.23. The van der Waals surface area contributed by atoms with Crippen molar-refractivity contribution in [2.45, 2.75) is 26.8 Å². The summed E-state index contributed by atoms with van der Waals surface area (Å²) in [6, 6.07) is 4.78. The van der Waals surface area contributed by atoms with Crippen molar-refractivity contribution in [2.75, 3.05) is 26.2 Å². The van der Waals surface area contributed by atoms with Crippen LogP contribution in [0.15, 0.2) is 18.2 Å². The van der Waals surface area contributed by atoms with Crippen LogP contribution in [0.25, 0.3) is 0 Å². The Bertz CT molecular complexity index is 522. The number of hydrogen-bond acceptors (Lipinski definition) is 4. The van der Waals surface area contributed by atoms with E-state index in [2.05, 4.69) is 31.0 Å². The summed E-state index contributed by atoms with van der Waals surface area (Å²) in [7, 11) is 0. The maximum atomic E-state index is 11.1. The largest absolute Gasteiger partial charge is 0.314 e. The third-order valence-electron chi connectivity index (χ3n) is 3.82. The monoisotopic (exact) mass is 311 g/mol. The molecule has 21 heavy (non-hydrogen) atoms. The molecule has 1 aromatic rings. The summed E-state index contributed by atoms with van der Waals surface area (Å²) in [5.74, 6) is 0. The van der Waals surface area contributed by atoms with E-state index >= 15 is 0 Å². The summed E-state index contributed by atoms with van der Waals surface area (Å²) in [5.41, 5.74) is 0.884. The Kier molecular flexibility index (Phi) is 4.86. The maximum absolute atomic E-state index is 11.1. The molecular formula is C15H22ClN3O2. The third-order valence-corrected chi connectivity index (χ3v) is 4.17. The van der Waals surface area contributed by atoms with Crippen LogP contribution in [0.1, 0.15) is 32.4 Å². The van der Waals surface area contributed by atoms with Crippen LogP contribution in [0.5, 0.6) is 0 Å². The molecule has 1 aromatic carbocycles. The van der Waals surface area contributed by atoms with E-state index < -0.39 is 0 Å². The summed E-state index contributed by atoms with van der Waals surface area (Å²) in [5, 5.41) is 15.0. The van der Waals surface area contributed by atoms with E-state index in [0.29, 0.717) is 5.02 Å². The van der Waals surface area contributed by atoms with Gasteiger partial charge in [-0.1, -0.05) is 32.4 Å². The zero-order valence-electron chi connectivity index (χ0n) is 12.7. The van der Waals surface area contributed by atoms with Gasteiger partial charge >= 0.3 is 0 Å². The second kappa shape index (κ2) is 6.30. The zero-order valence-corrected chi connectivity index (χ0v) is 13.5. The lowest BCUT2D eigenvalue weighted by atomic mass is 9.80. The number of nitro benzene ring substituents is 1. The molecule has 0 spiro atoms. The van der Waals surface area contributed by atoms with Crippen molar-refractivity contribution < 1.29 is 4.92 Å². The highest BCUT2D eigenvalue weighted by atomic mass is 35.5. The van der Waals surface area contributed by atoms with E-state index in [9.17, 15) is 10.1 Å². The molecule has 1 N–H and O–H groups in total. The number of halogens is 1. The molecule has 0 aliphatic carbocycles. The number of nitrogens with zero attached hydrogens (tertiary/aromatic N) is 2. The van der Waals surface area contributed by atoms with Gasteiger partial charge in [-0.3, -0.25) is 15.0 Å². The van der Waals surface area contributed by atoms with Crippen LogP contribution in [0.3, 0.4) is 0 Å². The van der Waals surface area contributed by atoms with Gasteiger partial charge in [0.25, 0.3) is 5.69 Å². The molecule has 0 radical (unpaired) electrons. The SMILES string of the molecule is CC(C)(C)[C@@H](c1cc([N+](=O)[O-])ccc1Cl)N1CCNCC1. The summed E-state index contributed by atoms with van der Waals surface area (Å²) >= 11 is 6.36. The molecule has 1 saturated heterocycles. The summed E-state index contributed by atoms with van der Waals surface area (Å²) in [6.07, 6.45) is 0. The van der Waals surface area contributed by atoms with Crippen molar-refractivity contribution in [1.29, 1.82) is 0 Å². The van der Waals surface area contributed by atoms with Gasteiger partial charge in [0.2, 0.25) is 0 Å². The fraction of sp³-hybridized carbons (Fsp3) is 0.600. The van der Waals surface area contributed by atoms with Crippen LogP contribution in [-0.4, -0.2) is 36.0 Å². The predicted molar refractivity (Wildman–Crippen MR) is 84.7 cm³/mol. The number of nitro groups is 1. The van der Waals surface area contributed by atoms with Gasteiger partial charge in [0.15, 0.2) is 0 Å². The molecule has 1 heterocycles. The number of nitrogens with one attached hydrogen (secondary N) is 1. The van der Waals surface area contributed by atoms with Crippen molar-refractivity contribution in [3.05, 3.63) is 38.9 Å². The summed E-state index contributed by atoms with van der Waals surface area (Å²) < 4.78 is 0. The number of rotatable bonds is 3. The Labute approximate surface area is 130 Å². The van der Waals surface area contributed by atoms with E-state index in [0.717, 1.165) is 31.7 Å². The number of non-ortho nitro benzene ring substituents is 1. The molecule has 1 aliphatic heterocycles. The highest BCUT2D eigenvalue weighted by molar-refractivity contribution is 6.31. The van der Waals surface area contributed by atoms with Gasteiger partial charge in [0, 0.05) is 49.4 Å². The minimum absolute atomic E-state index is 0.0593. The standard InChI is InChI=1S/C15H22ClN3O2/c1-15(2,3)14(18-8-6-17-7-9-18)12-10-11(19(20)21)4-5-13(12)16/h4-5,10,14,17H,6-9H2,1-3H3/t14-/m1/s1. The Balaban J connectivity index is 2.45. The molecule has 6 heteroatoms. The van der Waals surface area contributed by atoms with Gasteiger partial charge in [-0.15, -0.1) is 0 Å². The first-order chi connectivity index (χ1) is 9.80. The summed E-state index contributed by atoms with van der Waals surface area (Å²) in [4.78, 5) is 13.1. The second-order valence-corrected chi connectivity index (χ2v) is 6.92. The van der Waals surface area contributed by atoms with Gasteiger partial charge < -0.3 is 5.32 Å². The summed E-state index contributed by atoms with van der Waals surface area (Å²) in [6.45, 7) is 10.1. The highest BCUT2D eigenvalue weighted by Crippen LogP contribution is 2.42. The van der Waals surface area contributed by atoms with Crippen molar-refractivity contribution in [3.63, 3.8) is 0 Å². The molecule has 0 aromatic heterocycles. The Morgan fingerprint density at radius 2 is 1.95 bits per heavy atom. The second-order valence-electron chi connectivity index (χ2n) is 6.52. The number of piperazine rings is 1. The highest BCUT2D eigenvalue weighted by Gasteiger charge is 2.34. The molecular weight excluding hydrogens is 290 g/mol. The van der Waals surface area contributed by atoms with Crippen LogP contribution >= 0.6 is 11.6 Å². The minimum atomic E-state index is -0.364. The quantitative estimate of drug-likeness (QED) is 0.687. The molecule has 1 atom stereocenters. The predicted octanol–water partition coefficient (Wildman–Crippen LogP) is 3.24. The van der Waals surface area contributed by atoms with Crippen LogP contribution < -0.4 is 5.32 Å². The zero-order chi connectivity index (χ0) is 15.6. The van der Waals surface area contributed by atoms with Crippen LogP contribution in [-0.2, 0) is 0 Å². The van der Waals surface area contributed by atoms with Crippen LogP contribution in [0.4, 0.5) is 5.69 Å². The molecule has 0 saturated carbocycles. The minimum Gasteiger partial charge on any atom is -0.314 e. The molecule has 5 nitrogen and oxygen atoms in total.